The summed E-state index contributed by atoms with van der Waals surface area (Å²) in [6, 6.07) is 14.6. The summed E-state index contributed by atoms with van der Waals surface area (Å²) >= 11 is 0. The molecule has 3 aromatic carbocycles. The van der Waals surface area contributed by atoms with E-state index in [2.05, 4.69) is 0 Å². The minimum Gasteiger partial charge on any atom is -0.289 e. The van der Waals surface area contributed by atoms with Gasteiger partial charge in [-0.3, -0.25) is 14.2 Å². The van der Waals surface area contributed by atoms with Crippen LogP contribution in [0.2, 0.25) is 0 Å². The molecule has 3 aromatic rings. The third kappa shape index (κ3) is 3.91. The van der Waals surface area contributed by atoms with Gasteiger partial charge >= 0.3 is 0 Å². The number of hydrogen-bond donors (Lipinski definition) is 0. The van der Waals surface area contributed by atoms with Crippen LogP contribution in [-0.4, -0.2) is 11.3 Å². The summed E-state index contributed by atoms with van der Waals surface area (Å²) in [4.78, 5) is 26.5. The number of ketones is 1. The molecular weight excluding hydrogens is 391 g/mol. The van der Waals surface area contributed by atoms with E-state index in [1.165, 1.54) is 0 Å². The SMILES string of the molecule is Cc1cc(C)c(C(=O)c2cc(C)c(C(=O)[P](=O)c3ccccc3)c(C)c2C)c(C)c1. The fourth-order valence-electron chi connectivity index (χ4n) is 4.10. The highest BCUT2D eigenvalue weighted by Crippen LogP contribution is 2.33. The molecule has 0 N–H and O–H groups in total. The third-order valence-corrected chi connectivity index (χ3v) is 6.99. The quantitative estimate of drug-likeness (QED) is 0.374. The molecular formula is C26H26O3P. The topological polar surface area (TPSA) is 51.2 Å². The van der Waals surface area contributed by atoms with Gasteiger partial charge in [-0.1, -0.05) is 35.9 Å². The van der Waals surface area contributed by atoms with Crippen LogP contribution in [0.1, 0.15) is 59.7 Å². The Morgan fingerprint density at radius 3 is 1.80 bits per heavy atom. The van der Waals surface area contributed by atoms with Crippen LogP contribution in [0, 0.1) is 41.5 Å². The lowest BCUT2D eigenvalue weighted by Gasteiger charge is -2.17. The maximum absolute atomic E-state index is 13.4. The summed E-state index contributed by atoms with van der Waals surface area (Å²) in [5.41, 5.74) is 6.50. The summed E-state index contributed by atoms with van der Waals surface area (Å²) in [5, 5.41) is 0.514. The first-order valence-electron chi connectivity index (χ1n) is 9.93. The second-order valence-corrected chi connectivity index (χ2v) is 9.42. The highest BCUT2D eigenvalue weighted by Gasteiger charge is 2.26. The van der Waals surface area contributed by atoms with Crippen LogP contribution >= 0.6 is 7.80 Å². The summed E-state index contributed by atoms with van der Waals surface area (Å²) in [7, 11) is -2.21. The molecule has 0 heterocycles. The standard InChI is InChI=1S/C26H26O3P/c1-15-12-16(2)23(17(3)13-15)25(27)22-14-18(4)24(20(6)19(22)5)26(28)30(29)21-10-8-7-9-11-21/h7-14H,1-6H3. The van der Waals surface area contributed by atoms with Crippen LogP contribution in [0.5, 0.6) is 0 Å². The largest absolute Gasteiger partial charge is 0.289 e. The summed E-state index contributed by atoms with van der Waals surface area (Å²) in [6.45, 7) is 11.4. The average Bonchev–Trinajstić information content (AvgIpc) is 2.69. The number of rotatable bonds is 5. The Labute approximate surface area is 178 Å². The maximum Gasteiger partial charge on any atom is 0.247 e. The van der Waals surface area contributed by atoms with Crippen molar-refractivity contribution in [2.75, 3.05) is 0 Å². The Bertz CT molecular complexity index is 1170. The van der Waals surface area contributed by atoms with E-state index in [0.29, 0.717) is 33.1 Å². The van der Waals surface area contributed by atoms with Gasteiger partial charge in [0.05, 0.1) is 0 Å². The van der Waals surface area contributed by atoms with E-state index in [0.717, 1.165) is 22.3 Å². The van der Waals surface area contributed by atoms with Crippen molar-refractivity contribution >= 4 is 24.4 Å². The molecule has 0 saturated carbocycles. The van der Waals surface area contributed by atoms with Gasteiger partial charge in [-0.05, 0) is 87.6 Å². The van der Waals surface area contributed by atoms with Crippen LogP contribution in [-0.2, 0) is 4.57 Å². The molecule has 3 rings (SSSR count). The molecule has 0 fully saturated rings. The van der Waals surface area contributed by atoms with E-state index in [-0.39, 0.29) is 5.78 Å². The number of carbonyl (C=O) groups excluding carboxylic acids is 2. The van der Waals surface area contributed by atoms with Crippen LogP contribution < -0.4 is 5.30 Å². The van der Waals surface area contributed by atoms with Crippen molar-refractivity contribution in [1.29, 1.82) is 0 Å². The Morgan fingerprint density at radius 2 is 1.23 bits per heavy atom. The molecule has 153 valence electrons. The van der Waals surface area contributed by atoms with Crippen molar-refractivity contribution in [2.45, 2.75) is 41.5 Å². The average molecular weight is 417 g/mol. The van der Waals surface area contributed by atoms with Crippen molar-refractivity contribution in [2.24, 2.45) is 0 Å². The Morgan fingerprint density at radius 1 is 0.700 bits per heavy atom. The molecule has 0 saturated heterocycles. The lowest BCUT2D eigenvalue weighted by molar-refractivity contribution is 0.103. The third-order valence-electron chi connectivity index (χ3n) is 5.63. The summed E-state index contributed by atoms with van der Waals surface area (Å²) in [5.74, 6) is -0.0415. The maximum atomic E-state index is 13.4. The molecule has 3 nitrogen and oxygen atoms in total. The highest BCUT2D eigenvalue weighted by atomic mass is 31.1. The first-order valence-corrected chi connectivity index (χ1v) is 11.2. The number of aryl methyl sites for hydroxylation is 4. The fraction of sp³-hybridized carbons (Fsp3) is 0.231. The lowest BCUT2D eigenvalue weighted by atomic mass is 9.87. The van der Waals surface area contributed by atoms with Gasteiger partial charge in [-0.25, -0.2) is 0 Å². The van der Waals surface area contributed by atoms with Crippen LogP contribution in [0.4, 0.5) is 0 Å². The second kappa shape index (κ2) is 8.45. The first-order chi connectivity index (χ1) is 14.1. The van der Waals surface area contributed by atoms with Gasteiger partial charge < -0.3 is 0 Å². The molecule has 0 aromatic heterocycles. The second-order valence-electron chi connectivity index (χ2n) is 7.90. The Hall–Kier alpha value is -2.90. The van der Waals surface area contributed by atoms with Crippen molar-refractivity contribution in [3.63, 3.8) is 0 Å². The van der Waals surface area contributed by atoms with Gasteiger partial charge in [-0.2, -0.15) is 0 Å². The fourth-order valence-corrected chi connectivity index (χ4v) is 5.33. The van der Waals surface area contributed by atoms with Crippen molar-refractivity contribution in [3.05, 3.63) is 98.6 Å². The van der Waals surface area contributed by atoms with Crippen molar-refractivity contribution in [1.82, 2.24) is 0 Å². The summed E-state index contributed by atoms with van der Waals surface area (Å²) < 4.78 is 12.9. The molecule has 30 heavy (non-hydrogen) atoms. The van der Waals surface area contributed by atoms with Gasteiger partial charge in [0.2, 0.25) is 5.52 Å². The molecule has 1 radical (unpaired) electrons. The molecule has 1 unspecified atom stereocenters. The highest BCUT2D eigenvalue weighted by molar-refractivity contribution is 7.71. The number of hydrogen-bond acceptors (Lipinski definition) is 3. The Balaban J connectivity index is 2.09. The molecule has 0 aliphatic rings. The monoisotopic (exact) mass is 417 g/mol. The summed E-state index contributed by atoms with van der Waals surface area (Å²) in [6.07, 6.45) is 0. The normalized spacial score (nSPS) is 11.3. The van der Waals surface area contributed by atoms with Gasteiger partial charge in [0.15, 0.2) is 13.6 Å². The van der Waals surface area contributed by atoms with Crippen molar-refractivity contribution in [3.8, 4) is 0 Å². The first kappa shape index (κ1) is 21.8. The Kier molecular flexibility index (Phi) is 6.14. The van der Waals surface area contributed by atoms with E-state index >= 15 is 0 Å². The van der Waals surface area contributed by atoms with Crippen LogP contribution in [0.3, 0.4) is 0 Å². The van der Waals surface area contributed by atoms with Crippen LogP contribution in [0.15, 0.2) is 48.5 Å². The van der Waals surface area contributed by atoms with E-state index in [1.54, 1.807) is 37.3 Å². The van der Waals surface area contributed by atoms with Gasteiger partial charge in [-0.15, -0.1) is 0 Å². The predicted octanol–water partition coefficient (Wildman–Crippen LogP) is 6.06. The minimum absolute atomic E-state index is 0.0415. The van der Waals surface area contributed by atoms with E-state index in [9.17, 15) is 14.2 Å². The zero-order chi connectivity index (χ0) is 22.2. The molecule has 1 atom stereocenters. The molecule has 0 aliphatic heterocycles. The van der Waals surface area contributed by atoms with Gasteiger partial charge in [0.25, 0.3) is 0 Å². The van der Waals surface area contributed by atoms with Crippen molar-refractivity contribution < 1.29 is 14.2 Å². The molecule has 0 amide bonds. The zero-order valence-corrected chi connectivity index (χ0v) is 19.2. The number of carbonyl (C=O) groups is 2. The predicted molar refractivity (Wildman–Crippen MR) is 123 cm³/mol. The van der Waals surface area contributed by atoms with Gasteiger partial charge in [0.1, 0.15) is 0 Å². The van der Waals surface area contributed by atoms with E-state index < -0.39 is 13.3 Å². The van der Waals surface area contributed by atoms with Crippen LogP contribution in [0.25, 0.3) is 0 Å². The zero-order valence-electron chi connectivity index (χ0n) is 18.3. The van der Waals surface area contributed by atoms with E-state index in [1.807, 2.05) is 52.8 Å². The lowest BCUT2D eigenvalue weighted by Crippen LogP contribution is -2.13. The molecule has 0 spiro atoms. The number of benzene rings is 3. The minimum atomic E-state index is -2.21. The smallest absolute Gasteiger partial charge is 0.247 e. The molecule has 0 bridgehead atoms. The van der Waals surface area contributed by atoms with E-state index in [4.69, 9.17) is 0 Å². The molecule has 4 heteroatoms. The molecule has 0 aliphatic carbocycles. The van der Waals surface area contributed by atoms with Gasteiger partial charge in [0, 0.05) is 22.0 Å².